The largest absolute Gasteiger partial charge is 0.494 e. The number of carbonyl (C=O) groups excluding carboxylic acids is 1. The van der Waals surface area contributed by atoms with Crippen molar-refractivity contribution < 1.29 is 9.53 Å². The third-order valence-electron chi connectivity index (χ3n) is 2.82. The first-order chi connectivity index (χ1) is 10.2. The van der Waals surface area contributed by atoms with E-state index in [1.165, 1.54) is 12.4 Å². The van der Waals surface area contributed by atoms with Gasteiger partial charge in [-0.25, -0.2) is 4.98 Å². The minimum atomic E-state index is -0.218. The van der Waals surface area contributed by atoms with Crippen LogP contribution in [-0.2, 0) is 4.79 Å². The smallest absolute Gasteiger partial charge is 0.244 e. The van der Waals surface area contributed by atoms with Gasteiger partial charge in [0.05, 0.1) is 12.6 Å². The van der Waals surface area contributed by atoms with Gasteiger partial charge in [-0.1, -0.05) is 12.1 Å². The third kappa shape index (κ3) is 4.45. The van der Waals surface area contributed by atoms with Gasteiger partial charge in [-0.3, -0.25) is 9.89 Å². The Labute approximate surface area is 123 Å². The Hall–Kier alpha value is -2.63. The minimum absolute atomic E-state index is 0.187. The van der Waals surface area contributed by atoms with Crippen LogP contribution in [0.3, 0.4) is 0 Å². The van der Waals surface area contributed by atoms with Crippen LogP contribution in [0.1, 0.15) is 31.3 Å². The molecule has 2 N–H and O–H groups in total. The van der Waals surface area contributed by atoms with Crippen molar-refractivity contribution in [1.82, 2.24) is 20.5 Å². The molecule has 1 heterocycles. The van der Waals surface area contributed by atoms with Crippen LogP contribution in [0.2, 0.25) is 0 Å². The predicted molar refractivity (Wildman–Crippen MR) is 79.6 cm³/mol. The molecule has 0 aliphatic rings. The summed E-state index contributed by atoms with van der Waals surface area (Å²) >= 11 is 0. The molecule has 2 aromatic rings. The van der Waals surface area contributed by atoms with Gasteiger partial charge in [-0.2, -0.15) is 5.10 Å². The zero-order valence-corrected chi connectivity index (χ0v) is 12.0. The number of nitrogens with one attached hydrogen (secondary N) is 2. The van der Waals surface area contributed by atoms with Gasteiger partial charge in [0.2, 0.25) is 5.91 Å². The molecule has 0 radical (unpaired) electrons. The first kappa shape index (κ1) is 14.8. The molecule has 0 saturated heterocycles. The second-order valence-corrected chi connectivity index (χ2v) is 4.44. The summed E-state index contributed by atoms with van der Waals surface area (Å²) in [4.78, 5) is 15.8. The van der Waals surface area contributed by atoms with Gasteiger partial charge >= 0.3 is 0 Å². The molecule has 0 fully saturated rings. The molecule has 1 aromatic heterocycles. The molecular weight excluding hydrogens is 268 g/mol. The van der Waals surface area contributed by atoms with Crippen molar-refractivity contribution in [2.45, 2.75) is 19.9 Å². The van der Waals surface area contributed by atoms with Crippen molar-refractivity contribution in [3.05, 3.63) is 48.1 Å². The number of H-pyrrole nitrogens is 1. The fourth-order valence-corrected chi connectivity index (χ4v) is 1.77. The second kappa shape index (κ2) is 7.23. The quantitative estimate of drug-likeness (QED) is 0.797. The number of aromatic nitrogens is 3. The van der Waals surface area contributed by atoms with Crippen LogP contribution >= 0.6 is 0 Å². The van der Waals surface area contributed by atoms with Crippen molar-refractivity contribution >= 4 is 12.0 Å². The minimum Gasteiger partial charge on any atom is -0.494 e. The van der Waals surface area contributed by atoms with E-state index in [9.17, 15) is 4.79 Å². The lowest BCUT2D eigenvalue weighted by atomic mass is 10.2. The van der Waals surface area contributed by atoms with Crippen molar-refractivity contribution in [1.29, 1.82) is 0 Å². The number of hydrogen-bond acceptors (Lipinski definition) is 4. The molecule has 6 nitrogen and oxygen atoms in total. The lowest BCUT2D eigenvalue weighted by Crippen LogP contribution is -2.25. The van der Waals surface area contributed by atoms with E-state index >= 15 is 0 Å². The standard InChI is InChI=1S/C15H18N4O2/c1-3-21-13-7-4-12(5-8-13)6-9-14(20)18-11(2)15-16-10-17-19-15/h4-11H,3H2,1-2H3,(H,18,20)(H,16,17,19)/b9-6+. The lowest BCUT2D eigenvalue weighted by Gasteiger charge is -2.08. The lowest BCUT2D eigenvalue weighted by molar-refractivity contribution is -0.117. The zero-order valence-electron chi connectivity index (χ0n) is 12.0. The van der Waals surface area contributed by atoms with Crippen molar-refractivity contribution in [2.24, 2.45) is 0 Å². The highest BCUT2D eigenvalue weighted by Crippen LogP contribution is 2.13. The van der Waals surface area contributed by atoms with Crippen molar-refractivity contribution in [3.63, 3.8) is 0 Å². The fourth-order valence-electron chi connectivity index (χ4n) is 1.77. The van der Waals surface area contributed by atoms with Crippen LogP contribution in [0.15, 0.2) is 36.7 Å². The molecule has 6 heteroatoms. The molecule has 0 aliphatic carbocycles. The number of rotatable bonds is 6. The van der Waals surface area contributed by atoms with Gasteiger partial charge in [-0.15, -0.1) is 0 Å². The predicted octanol–water partition coefficient (Wildman–Crippen LogP) is 2.09. The molecule has 2 rings (SSSR count). The number of aromatic amines is 1. The molecular formula is C15H18N4O2. The number of ether oxygens (including phenoxy) is 1. The maximum Gasteiger partial charge on any atom is 0.244 e. The summed E-state index contributed by atoms with van der Waals surface area (Å²) in [6.45, 7) is 4.41. The first-order valence-corrected chi connectivity index (χ1v) is 6.75. The second-order valence-electron chi connectivity index (χ2n) is 4.44. The van der Waals surface area contributed by atoms with Gasteiger partial charge < -0.3 is 10.1 Å². The van der Waals surface area contributed by atoms with E-state index < -0.39 is 0 Å². The van der Waals surface area contributed by atoms with Crippen LogP contribution in [0.5, 0.6) is 5.75 Å². The summed E-state index contributed by atoms with van der Waals surface area (Å²) in [7, 11) is 0. The van der Waals surface area contributed by atoms with Gasteiger partial charge in [-0.05, 0) is 37.6 Å². The summed E-state index contributed by atoms with van der Waals surface area (Å²) < 4.78 is 5.36. The van der Waals surface area contributed by atoms with E-state index in [0.717, 1.165) is 11.3 Å². The van der Waals surface area contributed by atoms with Crippen molar-refractivity contribution in [2.75, 3.05) is 6.61 Å². The molecule has 0 saturated carbocycles. The van der Waals surface area contributed by atoms with Gasteiger partial charge in [0, 0.05) is 6.08 Å². The maximum atomic E-state index is 11.8. The average Bonchev–Trinajstić information content (AvgIpc) is 3.01. The number of nitrogens with zero attached hydrogens (tertiary/aromatic N) is 2. The molecule has 0 spiro atoms. The molecule has 0 aliphatic heterocycles. The number of benzene rings is 1. The highest BCUT2D eigenvalue weighted by Gasteiger charge is 2.09. The Kier molecular flexibility index (Phi) is 5.09. The Bertz CT molecular complexity index is 591. The van der Waals surface area contributed by atoms with Gasteiger partial charge in [0.1, 0.15) is 17.9 Å². The molecule has 1 unspecified atom stereocenters. The SMILES string of the molecule is CCOc1ccc(/C=C/C(=O)NC(C)c2ncn[nH]2)cc1. The van der Waals surface area contributed by atoms with Crippen LogP contribution in [0.25, 0.3) is 6.08 Å². The van der Waals surface area contributed by atoms with Gasteiger partial charge in [0.25, 0.3) is 0 Å². The summed E-state index contributed by atoms with van der Waals surface area (Å²) in [6.07, 6.45) is 4.65. The topological polar surface area (TPSA) is 79.9 Å². The van der Waals surface area contributed by atoms with E-state index in [0.29, 0.717) is 12.4 Å². The molecule has 1 amide bonds. The Balaban J connectivity index is 1.89. The highest BCUT2D eigenvalue weighted by atomic mass is 16.5. The maximum absolute atomic E-state index is 11.8. The van der Waals surface area contributed by atoms with E-state index in [-0.39, 0.29) is 11.9 Å². The van der Waals surface area contributed by atoms with Crippen LogP contribution in [-0.4, -0.2) is 27.7 Å². The summed E-state index contributed by atoms with van der Waals surface area (Å²) in [5, 5.41) is 9.27. The van der Waals surface area contributed by atoms with E-state index in [2.05, 4.69) is 20.5 Å². The fraction of sp³-hybridized carbons (Fsp3) is 0.267. The summed E-state index contributed by atoms with van der Waals surface area (Å²) in [5.41, 5.74) is 0.931. The monoisotopic (exact) mass is 286 g/mol. The molecule has 110 valence electrons. The number of hydrogen-bond donors (Lipinski definition) is 2. The average molecular weight is 286 g/mol. The number of carbonyl (C=O) groups is 1. The molecule has 0 bridgehead atoms. The van der Waals surface area contributed by atoms with Gasteiger partial charge in [0.15, 0.2) is 0 Å². The molecule has 1 atom stereocenters. The van der Waals surface area contributed by atoms with Crippen LogP contribution in [0, 0.1) is 0 Å². The van der Waals surface area contributed by atoms with Crippen LogP contribution < -0.4 is 10.1 Å². The van der Waals surface area contributed by atoms with E-state index in [1.807, 2.05) is 38.1 Å². The van der Waals surface area contributed by atoms with Crippen molar-refractivity contribution in [3.8, 4) is 5.75 Å². The third-order valence-corrected chi connectivity index (χ3v) is 2.82. The van der Waals surface area contributed by atoms with E-state index in [4.69, 9.17) is 4.74 Å². The Morgan fingerprint density at radius 2 is 2.19 bits per heavy atom. The Morgan fingerprint density at radius 1 is 1.43 bits per heavy atom. The van der Waals surface area contributed by atoms with Crippen LogP contribution in [0.4, 0.5) is 0 Å². The molecule has 1 aromatic carbocycles. The van der Waals surface area contributed by atoms with E-state index in [1.54, 1.807) is 6.08 Å². The highest BCUT2D eigenvalue weighted by molar-refractivity contribution is 5.91. The normalized spacial score (nSPS) is 12.3. The first-order valence-electron chi connectivity index (χ1n) is 6.75. The Morgan fingerprint density at radius 3 is 2.81 bits per heavy atom. The zero-order chi connectivity index (χ0) is 15.1. The summed E-state index contributed by atoms with van der Waals surface area (Å²) in [6, 6.07) is 7.32. The molecule has 21 heavy (non-hydrogen) atoms. The number of amides is 1. The summed E-state index contributed by atoms with van der Waals surface area (Å²) in [5.74, 6) is 1.25.